The van der Waals surface area contributed by atoms with Gasteiger partial charge in [0.05, 0.1) is 10.5 Å². The lowest BCUT2D eigenvalue weighted by atomic mass is 10.1. The van der Waals surface area contributed by atoms with Crippen molar-refractivity contribution in [3.63, 3.8) is 0 Å². The smallest absolute Gasteiger partial charge is 0.338 e. The molecule has 0 atom stereocenters. The zero-order valence-corrected chi connectivity index (χ0v) is 16.6. The van der Waals surface area contributed by atoms with Gasteiger partial charge in [0.2, 0.25) is 10.0 Å². The maximum atomic E-state index is 12.3. The molecule has 0 saturated carbocycles. The van der Waals surface area contributed by atoms with Gasteiger partial charge < -0.3 is 9.64 Å². The van der Waals surface area contributed by atoms with E-state index in [1.165, 1.54) is 32.3 Å². The van der Waals surface area contributed by atoms with Gasteiger partial charge in [0.25, 0.3) is 5.91 Å². The first-order chi connectivity index (χ1) is 11.7. The van der Waals surface area contributed by atoms with E-state index < -0.39 is 16.0 Å². The van der Waals surface area contributed by atoms with Crippen molar-refractivity contribution in [2.75, 3.05) is 33.8 Å². The van der Waals surface area contributed by atoms with Gasteiger partial charge in [-0.25, -0.2) is 17.5 Å². The molecule has 25 heavy (non-hydrogen) atoms. The van der Waals surface area contributed by atoms with Gasteiger partial charge in [-0.2, -0.15) is 0 Å². The van der Waals surface area contributed by atoms with Gasteiger partial charge in [0.1, 0.15) is 0 Å². The second-order valence-corrected chi connectivity index (χ2v) is 8.92. The lowest BCUT2D eigenvalue weighted by Gasteiger charge is -2.26. The van der Waals surface area contributed by atoms with E-state index in [0.717, 1.165) is 23.6 Å². The minimum absolute atomic E-state index is 0.0330. The molecule has 9 heteroatoms. The molecule has 1 aliphatic rings. The Hall–Kier alpha value is -1.45. The number of carbonyl (C=O) groups excluding carboxylic acids is 2. The van der Waals surface area contributed by atoms with Crippen molar-refractivity contribution in [1.82, 2.24) is 9.21 Å². The normalized spacial score (nSPS) is 15.3. The summed E-state index contributed by atoms with van der Waals surface area (Å²) in [6.45, 7) is 1.02. The largest absolute Gasteiger partial charge is 0.452 e. The first kappa shape index (κ1) is 19.9. The SMILES string of the molecule is CN(C)S(=O)(=O)c1cc(C(=O)OCC(=O)N2CCCCC2)ccc1Br. The summed E-state index contributed by atoms with van der Waals surface area (Å²) in [5.74, 6) is -0.959. The number of hydrogen-bond acceptors (Lipinski definition) is 5. The standard InChI is InChI=1S/C16H21BrN2O5S/c1-18(2)25(22,23)14-10-12(6-7-13(14)17)16(21)24-11-15(20)19-8-4-3-5-9-19/h6-7,10H,3-5,8-9,11H2,1-2H3. The molecule has 0 radical (unpaired) electrons. The van der Waals surface area contributed by atoms with Crippen LogP contribution in [-0.2, 0) is 19.6 Å². The first-order valence-electron chi connectivity index (χ1n) is 7.90. The van der Waals surface area contributed by atoms with Crippen LogP contribution in [0.15, 0.2) is 27.6 Å². The number of piperidine rings is 1. The minimum Gasteiger partial charge on any atom is -0.452 e. The molecule has 1 aliphatic heterocycles. The van der Waals surface area contributed by atoms with E-state index in [0.29, 0.717) is 17.6 Å². The van der Waals surface area contributed by atoms with E-state index in [2.05, 4.69) is 15.9 Å². The number of carbonyl (C=O) groups is 2. The summed E-state index contributed by atoms with van der Waals surface area (Å²) in [4.78, 5) is 25.9. The van der Waals surface area contributed by atoms with E-state index >= 15 is 0 Å². The van der Waals surface area contributed by atoms with Gasteiger partial charge in [0, 0.05) is 31.7 Å². The van der Waals surface area contributed by atoms with Crippen LogP contribution in [0.5, 0.6) is 0 Å². The van der Waals surface area contributed by atoms with Crippen LogP contribution in [0.4, 0.5) is 0 Å². The third-order valence-electron chi connectivity index (χ3n) is 3.96. The van der Waals surface area contributed by atoms with Crippen molar-refractivity contribution in [2.45, 2.75) is 24.2 Å². The van der Waals surface area contributed by atoms with Crippen molar-refractivity contribution in [3.05, 3.63) is 28.2 Å². The monoisotopic (exact) mass is 432 g/mol. The van der Waals surface area contributed by atoms with Crippen LogP contribution in [0, 0.1) is 0 Å². The predicted octanol–water partition coefficient (Wildman–Crippen LogP) is 1.87. The van der Waals surface area contributed by atoms with E-state index in [1.807, 2.05) is 0 Å². The molecule has 0 aromatic heterocycles. The van der Waals surface area contributed by atoms with Crippen molar-refractivity contribution >= 4 is 37.8 Å². The lowest BCUT2D eigenvalue weighted by molar-refractivity contribution is -0.135. The highest BCUT2D eigenvalue weighted by Crippen LogP contribution is 2.25. The van der Waals surface area contributed by atoms with Gasteiger partial charge in [-0.15, -0.1) is 0 Å². The number of benzene rings is 1. The number of amides is 1. The van der Waals surface area contributed by atoms with Crippen molar-refractivity contribution in [2.24, 2.45) is 0 Å². The maximum absolute atomic E-state index is 12.3. The lowest BCUT2D eigenvalue weighted by Crippen LogP contribution is -2.38. The Morgan fingerprint density at radius 1 is 1.20 bits per heavy atom. The molecule has 138 valence electrons. The van der Waals surface area contributed by atoms with E-state index in [4.69, 9.17) is 4.74 Å². The second-order valence-electron chi connectivity index (χ2n) is 5.95. The quantitative estimate of drug-likeness (QED) is 0.662. The Bertz CT molecular complexity index is 758. The highest BCUT2D eigenvalue weighted by atomic mass is 79.9. The van der Waals surface area contributed by atoms with Crippen LogP contribution in [-0.4, -0.2) is 63.3 Å². The Morgan fingerprint density at radius 3 is 2.44 bits per heavy atom. The molecule has 1 saturated heterocycles. The molecule has 1 fully saturated rings. The van der Waals surface area contributed by atoms with Crippen LogP contribution in [0.2, 0.25) is 0 Å². The molecule has 0 unspecified atom stereocenters. The highest BCUT2D eigenvalue weighted by molar-refractivity contribution is 9.10. The van der Waals surface area contributed by atoms with Crippen LogP contribution >= 0.6 is 15.9 Å². The van der Waals surface area contributed by atoms with Gasteiger partial charge in [0.15, 0.2) is 6.61 Å². The molecule has 1 aromatic carbocycles. The maximum Gasteiger partial charge on any atom is 0.338 e. The summed E-state index contributed by atoms with van der Waals surface area (Å²) >= 11 is 3.18. The number of halogens is 1. The van der Waals surface area contributed by atoms with E-state index in [9.17, 15) is 18.0 Å². The van der Waals surface area contributed by atoms with Crippen LogP contribution < -0.4 is 0 Å². The fourth-order valence-electron chi connectivity index (χ4n) is 2.47. The van der Waals surface area contributed by atoms with E-state index in [1.54, 1.807) is 4.90 Å². The second kappa shape index (κ2) is 8.29. The third kappa shape index (κ3) is 4.80. The first-order valence-corrected chi connectivity index (χ1v) is 10.1. The molecule has 0 N–H and O–H groups in total. The number of likely N-dealkylation sites (tertiary alicyclic amines) is 1. The number of esters is 1. The molecule has 0 aliphatic carbocycles. The van der Waals surface area contributed by atoms with Crippen molar-refractivity contribution < 1.29 is 22.7 Å². The summed E-state index contributed by atoms with van der Waals surface area (Å²) in [5, 5.41) is 0. The fourth-order valence-corrected chi connectivity index (χ4v) is 4.31. The van der Waals surface area contributed by atoms with Crippen molar-refractivity contribution in [3.8, 4) is 0 Å². The number of ether oxygens (including phenoxy) is 1. The molecular weight excluding hydrogens is 412 g/mol. The zero-order chi connectivity index (χ0) is 18.6. The summed E-state index contributed by atoms with van der Waals surface area (Å²) in [6, 6.07) is 4.17. The highest BCUT2D eigenvalue weighted by Gasteiger charge is 2.23. The summed E-state index contributed by atoms with van der Waals surface area (Å²) in [7, 11) is -0.895. The summed E-state index contributed by atoms with van der Waals surface area (Å²) in [6.07, 6.45) is 3.02. The van der Waals surface area contributed by atoms with Crippen LogP contribution in [0.1, 0.15) is 29.6 Å². The molecule has 1 amide bonds. The average Bonchev–Trinajstić information content (AvgIpc) is 2.60. The fraction of sp³-hybridized carbons (Fsp3) is 0.500. The van der Waals surface area contributed by atoms with Gasteiger partial charge >= 0.3 is 5.97 Å². The molecule has 7 nitrogen and oxygen atoms in total. The Morgan fingerprint density at radius 2 is 1.84 bits per heavy atom. The molecular formula is C16H21BrN2O5S. The average molecular weight is 433 g/mol. The number of hydrogen-bond donors (Lipinski definition) is 0. The molecule has 1 heterocycles. The Labute approximate surface area is 156 Å². The number of rotatable bonds is 5. The molecule has 0 bridgehead atoms. The number of sulfonamides is 1. The molecule has 0 spiro atoms. The van der Waals surface area contributed by atoms with Gasteiger partial charge in [-0.1, -0.05) is 0 Å². The molecule has 1 aromatic rings. The molecule has 2 rings (SSSR count). The third-order valence-corrected chi connectivity index (χ3v) is 6.77. The van der Waals surface area contributed by atoms with Gasteiger partial charge in [-0.05, 0) is 53.4 Å². The predicted molar refractivity (Wildman–Crippen MR) is 95.7 cm³/mol. The van der Waals surface area contributed by atoms with E-state index in [-0.39, 0.29) is 23.0 Å². The zero-order valence-electron chi connectivity index (χ0n) is 14.2. The van der Waals surface area contributed by atoms with Crippen LogP contribution in [0.3, 0.4) is 0 Å². The van der Waals surface area contributed by atoms with Crippen LogP contribution in [0.25, 0.3) is 0 Å². The Balaban J connectivity index is 2.08. The number of nitrogens with zero attached hydrogens (tertiary/aromatic N) is 2. The summed E-state index contributed by atoms with van der Waals surface area (Å²) < 4.78 is 31.0. The van der Waals surface area contributed by atoms with Gasteiger partial charge in [-0.3, -0.25) is 4.79 Å². The Kier molecular flexibility index (Phi) is 6.59. The van der Waals surface area contributed by atoms with Crippen molar-refractivity contribution in [1.29, 1.82) is 0 Å². The summed E-state index contributed by atoms with van der Waals surface area (Å²) in [5.41, 5.74) is 0.0788. The minimum atomic E-state index is -3.71. The topological polar surface area (TPSA) is 84.0 Å².